The van der Waals surface area contributed by atoms with Gasteiger partial charge in [0.1, 0.15) is 5.69 Å². The number of β-amino-alcohol motifs (C(OH)–C–C–N with tert-alkyl or cyclic N) is 1. The third kappa shape index (κ3) is 6.14. The van der Waals surface area contributed by atoms with Crippen LogP contribution >= 0.6 is 11.6 Å². The van der Waals surface area contributed by atoms with Gasteiger partial charge in [-0.05, 0) is 60.2 Å². The second-order valence-electron chi connectivity index (χ2n) is 8.70. The lowest BCUT2D eigenvalue weighted by Gasteiger charge is -2.41. The molecule has 1 aliphatic heterocycles. The Kier molecular flexibility index (Phi) is 7.82. The third-order valence-electron chi connectivity index (χ3n) is 6.39. The Morgan fingerprint density at radius 1 is 1.06 bits per heavy atom. The lowest BCUT2D eigenvalue weighted by molar-refractivity contribution is -0.118. The number of piperidine rings is 1. The van der Waals surface area contributed by atoms with Gasteiger partial charge in [-0.2, -0.15) is 0 Å². The Balaban J connectivity index is 1.31. The summed E-state index contributed by atoms with van der Waals surface area (Å²) in [6, 6.07) is 19.7. The van der Waals surface area contributed by atoms with E-state index < -0.39 is 11.7 Å². The van der Waals surface area contributed by atoms with Gasteiger partial charge in [-0.15, -0.1) is 0 Å². The minimum atomic E-state index is -0.939. The van der Waals surface area contributed by atoms with Gasteiger partial charge in [0.15, 0.2) is 0 Å². The largest absolute Gasteiger partial charge is 0.389 e. The lowest BCUT2D eigenvalue weighted by atomic mass is 9.86. The van der Waals surface area contributed by atoms with Gasteiger partial charge in [0.2, 0.25) is 0 Å². The van der Waals surface area contributed by atoms with E-state index in [1.54, 1.807) is 0 Å². The maximum atomic E-state index is 10.4. The zero-order valence-corrected chi connectivity index (χ0v) is 20.0. The normalized spacial score (nSPS) is 20.8. The van der Waals surface area contributed by atoms with Gasteiger partial charge >= 0.3 is 0 Å². The summed E-state index contributed by atoms with van der Waals surface area (Å²) in [5.74, 6) is 6.29. The van der Waals surface area contributed by atoms with E-state index in [4.69, 9.17) is 11.6 Å². The minimum Gasteiger partial charge on any atom is -0.389 e. The molecule has 4 nitrogen and oxygen atoms in total. The van der Waals surface area contributed by atoms with Crippen LogP contribution in [0, 0.1) is 11.8 Å². The summed E-state index contributed by atoms with van der Waals surface area (Å²) in [6.45, 7) is 3.95. The minimum absolute atomic E-state index is 0.498. The average Bonchev–Trinajstić information content (AvgIpc) is 2.86. The van der Waals surface area contributed by atoms with Gasteiger partial charge in [-0.1, -0.05) is 66.9 Å². The molecule has 0 spiro atoms. The van der Waals surface area contributed by atoms with E-state index in [0.717, 1.165) is 41.0 Å². The third-order valence-corrected chi connectivity index (χ3v) is 6.64. The van der Waals surface area contributed by atoms with Gasteiger partial charge in [0.05, 0.1) is 11.7 Å². The Morgan fingerprint density at radius 2 is 1.79 bits per heavy atom. The molecule has 1 aromatic heterocycles. The molecule has 2 atom stereocenters. The summed E-state index contributed by atoms with van der Waals surface area (Å²) < 4.78 is 0. The van der Waals surface area contributed by atoms with Crippen LogP contribution in [0.3, 0.4) is 0 Å². The van der Waals surface area contributed by atoms with Crippen molar-refractivity contribution >= 4 is 17.7 Å². The molecule has 1 aliphatic rings. The topological polar surface area (TPSA) is 56.6 Å². The number of rotatable bonds is 5. The Labute approximate surface area is 206 Å². The predicted molar refractivity (Wildman–Crippen MR) is 138 cm³/mol. The van der Waals surface area contributed by atoms with Crippen molar-refractivity contribution in [2.45, 2.75) is 31.5 Å². The standard InChI is InChI=1S/C29H29ClN2O2/c1-2-29(34)17-19-32(21-28(29)33)18-3-4-22-5-7-23(8-6-22)9-15-27-16-12-25(20-31-27)24-10-13-26(30)14-11-24/h3-8,10-14,16,20,28,33-34H,2,17-19,21H2,1H3/b4-3+/t28-,29+/m1/s1. The van der Waals surface area contributed by atoms with Crippen LogP contribution in [-0.4, -0.2) is 51.4 Å². The molecule has 2 N–H and O–H groups in total. The molecule has 4 rings (SSSR count). The quantitative estimate of drug-likeness (QED) is 0.512. The van der Waals surface area contributed by atoms with Crippen molar-refractivity contribution in [2.24, 2.45) is 0 Å². The van der Waals surface area contributed by atoms with Crippen LogP contribution in [0.5, 0.6) is 0 Å². The molecule has 2 aromatic carbocycles. The first kappa shape index (κ1) is 24.2. The molecule has 0 saturated carbocycles. The maximum absolute atomic E-state index is 10.4. The number of aromatic nitrogens is 1. The van der Waals surface area contributed by atoms with Crippen LogP contribution < -0.4 is 0 Å². The summed E-state index contributed by atoms with van der Waals surface area (Å²) in [4.78, 5) is 6.62. The fraction of sp³-hybridized carbons (Fsp3) is 0.276. The maximum Gasteiger partial charge on any atom is 0.113 e. The number of aliphatic hydroxyl groups is 2. The van der Waals surface area contributed by atoms with Gasteiger partial charge in [0, 0.05) is 42.0 Å². The molecular formula is C29H29ClN2O2. The molecule has 1 fully saturated rings. The number of hydrogen-bond acceptors (Lipinski definition) is 4. The van der Waals surface area contributed by atoms with Gasteiger partial charge in [-0.25, -0.2) is 4.98 Å². The van der Waals surface area contributed by atoms with Crippen molar-refractivity contribution in [3.63, 3.8) is 0 Å². The Bertz CT molecular complexity index is 1180. The lowest BCUT2D eigenvalue weighted by Crippen LogP contribution is -2.55. The molecule has 5 heteroatoms. The highest BCUT2D eigenvalue weighted by Crippen LogP contribution is 2.25. The molecule has 0 aliphatic carbocycles. The van der Waals surface area contributed by atoms with E-state index in [2.05, 4.69) is 33.9 Å². The van der Waals surface area contributed by atoms with Gasteiger partial charge < -0.3 is 10.2 Å². The highest BCUT2D eigenvalue weighted by Gasteiger charge is 2.38. The molecule has 3 aromatic rings. The van der Waals surface area contributed by atoms with E-state index in [1.807, 2.05) is 73.8 Å². The molecule has 34 heavy (non-hydrogen) atoms. The number of nitrogens with zero attached hydrogens (tertiary/aromatic N) is 2. The number of pyridine rings is 1. The second kappa shape index (κ2) is 11.0. The van der Waals surface area contributed by atoms with Crippen molar-refractivity contribution in [1.82, 2.24) is 9.88 Å². The van der Waals surface area contributed by atoms with E-state index in [-0.39, 0.29) is 0 Å². The number of halogens is 1. The Hall–Kier alpha value is -2.94. The summed E-state index contributed by atoms with van der Waals surface area (Å²) in [6.07, 6.45) is 6.48. The number of aliphatic hydroxyl groups excluding tert-OH is 1. The molecule has 0 unspecified atom stereocenters. The second-order valence-corrected chi connectivity index (χ2v) is 9.13. The zero-order chi connectivity index (χ0) is 24.0. The molecule has 174 valence electrons. The van der Waals surface area contributed by atoms with E-state index in [0.29, 0.717) is 24.4 Å². The first-order chi connectivity index (χ1) is 16.4. The summed E-state index contributed by atoms with van der Waals surface area (Å²) >= 11 is 5.95. The van der Waals surface area contributed by atoms with Crippen molar-refractivity contribution in [3.8, 4) is 23.0 Å². The highest BCUT2D eigenvalue weighted by atomic mass is 35.5. The fourth-order valence-electron chi connectivity index (χ4n) is 4.03. The predicted octanol–water partition coefficient (Wildman–Crippen LogP) is 5.02. The Morgan fingerprint density at radius 3 is 2.44 bits per heavy atom. The number of hydrogen-bond donors (Lipinski definition) is 2. The molecule has 0 bridgehead atoms. The van der Waals surface area contributed by atoms with Crippen LogP contribution in [0.2, 0.25) is 5.02 Å². The molecule has 1 saturated heterocycles. The zero-order valence-electron chi connectivity index (χ0n) is 19.3. The molecule has 0 amide bonds. The smallest absolute Gasteiger partial charge is 0.113 e. The van der Waals surface area contributed by atoms with Crippen LogP contribution in [0.1, 0.15) is 36.6 Å². The fourth-order valence-corrected chi connectivity index (χ4v) is 4.16. The van der Waals surface area contributed by atoms with Crippen LogP contribution in [0.4, 0.5) is 0 Å². The van der Waals surface area contributed by atoms with E-state index in [9.17, 15) is 10.2 Å². The van der Waals surface area contributed by atoms with Crippen LogP contribution in [0.15, 0.2) is 72.9 Å². The van der Waals surface area contributed by atoms with Crippen LogP contribution in [0.25, 0.3) is 17.2 Å². The van der Waals surface area contributed by atoms with Crippen molar-refractivity contribution in [2.75, 3.05) is 19.6 Å². The van der Waals surface area contributed by atoms with Gasteiger partial charge in [0.25, 0.3) is 0 Å². The first-order valence-corrected chi connectivity index (χ1v) is 12.0. The monoisotopic (exact) mass is 472 g/mol. The summed E-state index contributed by atoms with van der Waals surface area (Å²) in [7, 11) is 0. The van der Waals surface area contributed by atoms with Crippen molar-refractivity contribution in [3.05, 3.63) is 94.8 Å². The van der Waals surface area contributed by atoms with Crippen molar-refractivity contribution < 1.29 is 10.2 Å². The highest BCUT2D eigenvalue weighted by molar-refractivity contribution is 6.30. The molecular weight excluding hydrogens is 444 g/mol. The number of likely N-dealkylation sites (tertiary alicyclic amines) is 1. The summed E-state index contributed by atoms with van der Waals surface area (Å²) in [5, 5.41) is 21.3. The van der Waals surface area contributed by atoms with Crippen molar-refractivity contribution in [1.29, 1.82) is 0 Å². The molecule has 0 radical (unpaired) electrons. The molecule has 2 heterocycles. The van der Waals surface area contributed by atoms with Gasteiger partial charge in [-0.3, -0.25) is 4.90 Å². The van der Waals surface area contributed by atoms with Crippen LogP contribution in [-0.2, 0) is 0 Å². The van der Waals surface area contributed by atoms with E-state index in [1.165, 1.54) is 0 Å². The van der Waals surface area contributed by atoms with E-state index >= 15 is 0 Å². The first-order valence-electron chi connectivity index (χ1n) is 11.6. The number of benzene rings is 2. The SMILES string of the molecule is CC[C@]1(O)CCN(C/C=C/c2ccc(C#Cc3ccc(-c4ccc(Cl)cc4)cn3)cc2)C[C@H]1O. The average molecular weight is 473 g/mol. The summed E-state index contributed by atoms with van der Waals surface area (Å²) in [5.41, 5.74) is 3.90.